The molecule has 75 heavy (non-hydrogen) atoms. The van der Waals surface area contributed by atoms with Crippen LogP contribution in [0, 0.1) is 6.92 Å². The molecule has 0 bridgehead atoms. The zero-order valence-corrected chi connectivity index (χ0v) is 40.0. The van der Waals surface area contributed by atoms with Gasteiger partial charge in [0.1, 0.15) is 40.5 Å². The van der Waals surface area contributed by atoms with E-state index in [1.165, 1.54) is 30.3 Å². The summed E-state index contributed by atoms with van der Waals surface area (Å²) in [7, 11) is 0. The number of halogens is 14. The molecule has 3 atom stereocenters. The lowest BCUT2D eigenvalue weighted by Gasteiger charge is -2.48. The molecule has 6 aromatic rings. The zero-order valence-electron chi connectivity index (χ0n) is 40.0. The van der Waals surface area contributed by atoms with E-state index < -0.39 is 103 Å². The van der Waals surface area contributed by atoms with Crippen molar-refractivity contribution in [1.29, 1.82) is 0 Å². The highest BCUT2D eigenvalue weighted by Gasteiger charge is 2.66. The standard InChI is InChI=1S/C53H48F14N2O6/c1-32-11-5-17-38(23-32)72-41-20-10-16-37(28-41)69(30-34-13-7-22-43(25-34)75-52(63,64)47(56)57)44(45(70)50(58,59)60)49(71,53(65,66)67)31-68(29-33-12-6-21-42(24-33)74-51(61,62)46(54)55)36-15-9-19-40(27-36)73-39-18-8-14-35(26-39)48(2,3)4/h5-28,44-47,70-71H,29-31H2,1-4H3/t44?,45?,49-/m1/s1. The number of aliphatic hydroxyl groups is 2. The Balaban J connectivity index is 1.56. The van der Waals surface area contributed by atoms with E-state index >= 15 is 26.3 Å². The van der Waals surface area contributed by atoms with Gasteiger partial charge in [-0.1, -0.05) is 81.4 Å². The lowest BCUT2D eigenvalue weighted by Crippen LogP contribution is -2.71. The quantitative estimate of drug-likeness (QED) is 0.0690. The van der Waals surface area contributed by atoms with Crippen LogP contribution in [0.15, 0.2) is 146 Å². The number of aliphatic hydroxyl groups excluding tert-OH is 1. The second-order valence-electron chi connectivity index (χ2n) is 18.4. The van der Waals surface area contributed by atoms with Gasteiger partial charge in [0, 0.05) is 36.6 Å². The van der Waals surface area contributed by atoms with Crippen LogP contribution in [-0.2, 0) is 18.5 Å². The van der Waals surface area contributed by atoms with Gasteiger partial charge >= 0.3 is 37.4 Å². The molecule has 0 aliphatic heterocycles. The van der Waals surface area contributed by atoms with Crippen molar-refractivity contribution < 1.29 is 90.6 Å². The molecule has 0 heterocycles. The highest BCUT2D eigenvalue weighted by molar-refractivity contribution is 5.57. The minimum atomic E-state index is -6.20. The molecular weight excluding hydrogens is 1030 g/mol. The molecule has 404 valence electrons. The van der Waals surface area contributed by atoms with E-state index in [4.69, 9.17) is 9.47 Å². The largest absolute Gasteiger partial charge is 0.461 e. The van der Waals surface area contributed by atoms with Crippen LogP contribution >= 0.6 is 0 Å². The van der Waals surface area contributed by atoms with Crippen LogP contribution in [0.5, 0.6) is 34.5 Å². The maximum atomic E-state index is 16.3. The lowest BCUT2D eigenvalue weighted by molar-refractivity contribution is -0.292. The molecule has 2 N–H and O–H groups in total. The summed E-state index contributed by atoms with van der Waals surface area (Å²) in [6.07, 6.45) is -35.3. The molecular formula is C53H48F14N2O6. The maximum Gasteiger partial charge on any atom is 0.461 e. The first-order valence-corrected chi connectivity index (χ1v) is 22.5. The molecule has 22 heteroatoms. The fourth-order valence-electron chi connectivity index (χ4n) is 7.78. The molecule has 0 fully saturated rings. The molecule has 0 radical (unpaired) electrons. The van der Waals surface area contributed by atoms with Crippen LogP contribution in [0.4, 0.5) is 72.8 Å². The average Bonchev–Trinajstić information content (AvgIpc) is 3.30. The maximum absolute atomic E-state index is 16.3. The number of hydrogen-bond donors (Lipinski definition) is 2. The molecule has 0 saturated carbocycles. The van der Waals surface area contributed by atoms with Gasteiger partial charge in [-0.2, -0.15) is 61.5 Å². The summed E-state index contributed by atoms with van der Waals surface area (Å²) >= 11 is 0. The van der Waals surface area contributed by atoms with Crippen molar-refractivity contribution in [3.05, 3.63) is 168 Å². The van der Waals surface area contributed by atoms with E-state index in [1.54, 1.807) is 43.3 Å². The molecule has 6 aromatic carbocycles. The van der Waals surface area contributed by atoms with Gasteiger partial charge in [-0.05, 0) is 107 Å². The first kappa shape index (κ1) is 57.3. The molecule has 0 amide bonds. The Morgan fingerprint density at radius 1 is 0.507 bits per heavy atom. The van der Waals surface area contributed by atoms with Crippen LogP contribution in [0.2, 0.25) is 0 Å². The van der Waals surface area contributed by atoms with Crippen LogP contribution in [0.25, 0.3) is 0 Å². The number of rotatable bonds is 21. The Hall–Kier alpha value is -6.94. The lowest BCUT2D eigenvalue weighted by atomic mass is 9.85. The van der Waals surface area contributed by atoms with Crippen molar-refractivity contribution in [2.75, 3.05) is 16.3 Å². The molecule has 6 rings (SSSR count). The summed E-state index contributed by atoms with van der Waals surface area (Å²) in [6, 6.07) is 25.5. The monoisotopic (exact) mass is 1070 g/mol. The van der Waals surface area contributed by atoms with Gasteiger partial charge in [0.05, 0.1) is 6.54 Å². The van der Waals surface area contributed by atoms with E-state index in [9.17, 15) is 45.3 Å². The number of aryl methyl sites for hydroxylation is 1. The van der Waals surface area contributed by atoms with Crippen LogP contribution in [0.1, 0.15) is 43.0 Å². The second kappa shape index (κ2) is 22.5. The first-order chi connectivity index (χ1) is 34.8. The van der Waals surface area contributed by atoms with E-state index in [0.717, 1.165) is 78.4 Å². The number of alkyl halides is 14. The van der Waals surface area contributed by atoms with Gasteiger partial charge in [-0.15, -0.1) is 0 Å². The van der Waals surface area contributed by atoms with Crippen LogP contribution < -0.4 is 28.7 Å². The Morgan fingerprint density at radius 3 is 1.41 bits per heavy atom. The van der Waals surface area contributed by atoms with Crippen molar-refractivity contribution in [1.82, 2.24) is 0 Å². The fraction of sp³-hybridized carbons (Fsp3) is 0.321. The molecule has 0 aliphatic carbocycles. The number of hydrogen-bond acceptors (Lipinski definition) is 8. The van der Waals surface area contributed by atoms with Gasteiger partial charge in [-0.25, -0.2) is 0 Å². The third kappa shape index (κ3) is 14.7. The Morgan fingerprint density at radius 2 is 0.933 bits per heavy atom. The van der Waals surface area contributed by atoms with E-state index in [2.05, 4.69) is 9.47 Å². The van der Waals surface area contributed by atoms with Crippen molar-refractivity contribution in [3.63, 3.8) is 0 Å². The Labute approximate surface area is 421 Å². The zero-order chi connectivity index (χ0) is 55.3. The fourth-order valence-corrected chi connectivity index (χ4v) is 7.78. The third-order valence-electron chi connectivity index (χ3n) is 11.4. The van der Waals surface area contributed by atoms with E-state index in [-0.39, 0.29) is 39.1 Å². The molecule has 0 aliphatic rings. The Bertz CT molecular complexity index is 2860. The van der Waals surface area contributed by atoms with Gasteiger partial charge in [0.25, 0.3) is 0 Å². The predicted octanol–water partition coefficient (Wildman–Crippen LogP) is 14.6. The molecule has 0 saturated heterocycles. The topological polar surface area (TPSA) is 83.9 Å². The average molecular weight is 1070 g/mol. The van der Waals surface area contributed by atoms with Gasteiger partial charge in [0.2, 0.25) is 5.60 Å². The summed E-state index contributed by atoms with van der Waals surface area (Å²) in [4.78, 5) is 0.919. The minimum Gasteiger partial charge on any atom is -0.457 e. The molecule has 0 aromatic heterocycles. The van der Waals surface area contributed by atoms with Crippen molar-refractivity contribution >= 4 is 11.4 Å². The van der Waals surface area contributed by atoms with Crippen molar-refractivity contribution in [2.24, 2.45) is 0 Å². The van der Waals surface area contributed by atoms with Crippen LogP contribution in [0.3, 0.4) is 0 Å². The summed E-state index contributed by atoms with van der Waals surface area (Å²) in [5.41, 5.74) is -5.44. The third-order valence-corrected chi connectivity index (χ3v) is 11.4. The molecule has 2 unspecified atom stereocenters. The number of benzene rings is 6. The van der Waals surface area contributed by atoms with E-state index in [1.807, 2.05) is 20.8 Å². The minimum absolute atomic E-state index is 0.0776. The van der Waals surface area contributed by atoms with E-state index in [0.29, 0.717) is 16.5 Å². The Kier molecular flexibility index (Phi) is 17.2. The van der Waals surface area contributed by atoms with Gasteiger partial charge < -0.3 is 39.0 Å². The SMILES string of the molecule is Cc1cccc(Oc2cccc(N(Cc3cccc(OC(F)(F)C(F)F)c3)C(C(O)C(F)(F)F)[C@](O)(CN(Cc3cccc(OC(F)(F)C(F)F)c3)c3cccc(Oc4cccc(C(C)(C)C)c4)c3)C(F)(F)F)c2)c1. The number of nitrogens with zero attached hydrogens (tertiary/aromatic N) is 2. The highest BCUT2D eigenvalue weighted by atomic mass is 19.4. The van der Waals surface area contributed by atoms with Crippen molar-refractivity contribution in [3.8, 4) is 34.5 Å². The number of ether oxygens (including phenoxy) is 4. The predicted molar refractivity (Wildman–Crippen MR) is 249 cm³/mol. The second-order valence-corrected chi connectivity index (χ2v) is 18.4. The van der Waals surface area contributed by atoms with Crippen LogP contribution in [-0.4, -0.2) is 71.9 Å². The summed E-state index contributed by atoms with van der Waals surface area (Å²) < 4.78 is 224. The van der Waals surface area contributed by atoms with Crippen molar-refractivity contribution in [2.45, 2.75) is 101 Å². The van der Waals surface area contributed by atoms with Gasteiger partial charge in [-0.3, -0.25) is 0 Å². The smallest absolute Gasteiger partial charge is 0.457 e. The van der Waals surface area contributed by atoms with Gasteiger partial charge in [0.15, 0.2) is 6.10 Å². The molecule has 8 nitrogen and oxygen atoms in total. The highest BCUT2D eigenvalue weighted by Crippen LogP contribution is 2.45. The summed E-state index contributed by atoms with van der Waals surface area (Å²) in [5, 5.41) is 23.9. The molecule has 0 spiro atoms. The summed E-state index contributed by atoms with van der Waals surface area (Å²) in [6.45, 7) is 3.27. The number of anilines is 2. The summed E-state index contributed by atoms with van der Waals surface area (Å²) in [5.74, 6) is -1.83. The first-order valence-electron chi connectivity index (χ1n) is 22.5. The normalized spacial score (nSPS) is 14.3.